The van der Waals surface area contributed by atoms with E-state index in [4.69, 9.17) is 4.74 Å². The summed E-state index contributed by atoms with van der Waals surface area (Å²) in [6, 6.07) is 14.0. The van der Waals surface area contributed by atoms with Crippen molar-refractivity contribution < 1.29 is 13.2 Å². The van der Waals surface area contributed by atoms with Crippen molar-refractivity contribution in [3.05, 3.63) is 60.3 Å². The largest absolute Gasteiger partial charge is 0.495 e. The number of ether oxygens (including phenoxy) is 1. The quantitative estimate of drug-likeness (QED) is 0.576. The number of sulfonamides is 1. The first kappa shape index (κ1) is 20.9. The Morgan fingerprint density at radius 3 is 2.42 bits per heavy atom. The molecule has 1 aliphatic heterocycles. The Balaban J connectivity index is 1.47. The van der Waals surface area contributed by atoms with Gasteiger partial charge >= 0.3 is 0 Å². The predicted octanol–water partition coefficient (Wildman–Crippen LogP) is 3.94. The van der Waals surface area contributed by atoms with Gasteiger partial charge in [-0.15, -0.1) is 5.10 Å². The van der Waals surface area contributed by atoms with Gasteiger partial charge in [-0.05, 0) is 61.7 Å². The van der Waals surface area contributed by atoms with E-state index < -0.39 is 10.0 Å². The molecule has 0 radical (unpaired) electrons. The first-order valence-electron chi connectivity index (χ1n) is 10.1. The Hall–Kier alpha value is -3.33. The number of benzene rings is 2. The fraction of sp³-hybridized carbons (Fsp3) is 0.273. The molecular weight excluding hydrogens is 414 g/mol. The van der Waals surface area contributed by atoms with E-state index in [-0.39, 0.29) is 4.90 Å². The van der Waals surface area contributed by atoms with Crippen molar-refractivity contribution in [1.29, 1.82) is 0 Å². The lowest BCUT2D eigenvalue weighted by Gasteiger charge is -2.17. The number of nitrogens with one attached hydrogen (secondary N) is 2. The van der Waals surface area contributed by atoms with Gasteiger partial charge in [0.15, 0.2) is 5.82 Å². The molecule has 2 N–H and O–H groups in total. The molecule has 0 atom stereocenters. The van der Waals surface area contributed by atoms with Crippen LogP contribution in [0.15, 0.2) is 59.6 Å². The zero-order chi connectivity index (χ0) is 21.8. The maximum atomic E-state index is 12.8. The Kier molecular flexibility index (Phi) is 5.94. The highest BCUT2D eigenvalue weighted by atomic mass is 32.2. The van der Waals surface area contributed by atoms with Crippen LogP contribution in [0.5, 0.6) is 5.75 Å². The zero-order valence-electron chi connectivity index (χ0n) is 17.5. The summed E-state index contributed by atoms with van der Waals surface area (Å²) in [7, 11) is -2.34. The lowest BCUT2D eigenvalue weighted by molar-refractivity contribution is 0.402. The van der Waals surface area contributed by atoms with Crippen LogP contribution in [0.2, 0.25) is 0 Å². The Bertz CT molecular complexity index is 1160. The van der Waals surface area contributed by atoms with Crippen LogP contribution < -0.4 is 19.7 Å². The Labute approximate surface area is 182 Å². The van der Waals surface area contributed by atoms with Crippen molar-refractivity contribution >= 4 is 32.9 Å². The molecule has 0 amide bonds. The van der Waals surface area contributed by atoms with Crippen LogP contribution in [0.4, 0.5) is 22.9 Å². The summed E-state index contributed by atoms with van der Waals surface area (Å²) in [4.78, 5) is 2.39. The summed E-state index contributed by atoms with van der Waals surface area (Å²) < 4.78 is 33.5. The molecule has 1 fully saturated rings. The molecule has 0 saturated carbocycles. The fourth-order valence-electron chi connectivity index (χ4n) is 3.54. The van der Waals surface area contributed by atoms with Gasteiger partial charge in [-0.3, -0.25) is 4.72 Å². The zero-order valence-corrected chi connectivity index (χ0v) is 18.3. The van der Waals surface area contributed by atoms with Gasteiger partial charge in [-0.25, -0.2) is 8.42 Å². The molecule has 0 unspecified atom stereocenters. The summed E-state index contributed by atoms with van der Waals surface area (Å²) in [5, 5.41) is 11.5. The SMILES string of the molecule is COc1ccc(C)cc1S(=O)(=O)Nc1ccc(Nc2cc(N3CCCC3)cnn2)cc1. The van der Waals surface area contributed by atoms with Crippen LogP contribution in [0.1, 0.15) is 18.4 Å². The van der Waals surface area contributed by atoms with Gasteiger partial charge in [0.05, 0.1) is 19.0 Å². The van der Waals surface area contributed by atoms with Gasteiger partial charge in [-0.2, -0.15) is 5.10 Å². The van der Waals surface area contributed by atoms with Gasteiger partial charge in [0.1, 0.15) is 10.6 Å². The summed E-state index contributed by atoms with van der Waals surface area (Å²) in [6.45, 7) is 3.90. The molecule has 1 saturated heterocycles. The minimum Gasteiger partial charge on any atom is -0.495 e. The molecular formula is C22H25N5O3S. The van der Waals surface area contributed by atoms with Gasteiger partial charge < -0.3 is 15.0 Å². The summed E-state index contributed by atoms with van der Waals surface area (Å²) in [5.74, 6) is 0.940. The summed E-state index contributed by atoms with van der Waals surface area (Å²) in [6.07, 6.45) is 4.15. The van der Waals surface area contributed by atoms with Gasteiger partial charge in [0.25, 0.3) is 10.0 Å². The summed E-state index contributed by atoms with van der Waals surface area (Å²) in [5.41, 5.74) is 3.11. The number of rotatable bonds is 7. The fourth-order valence-corrected chi connectivity index (χ4v) is 4.85. The topological polar surface area (TPSA) is 96.5 Å². The van der Waals surface area contributed by atoms with Crippen LogP contribution >= 0.6 is 0 Å². The number of anilines is 4. The second kappa shape index (κ2) is 8.81. The predicted molar refractivity (Wildman–Crippen MR) is 122 cm³/mol. The molecule has 9 heteroatoms. The average Bonchev–Trinajstić information content (AvgIpc) is 3.30. The van der Waals surface area contributed by atoms with Gasteiger partial charge in [0.2, 0.25) is 0 Å². The molecule has 8 nitrogen and oxygen atoms in total. The van der Waals surface area contributed by atoms with Crippen LogP contribution in [-0.4, -0.2) is 38.8 Å². The number of aryl methyl sites for hydroxylation is 1. The Morgan fingerprint density at radius 1 is 1.00 bits per heavy atom. The number of nitrogens with zero attached hydrogens (tertiary/aromatic N) is 3. The molecule has 0 aliphatic carbocycles. The smallest absolute Gasteiger partial charge is 0.265 e. The van der Waals surface area contributed by atoms with E-state index >= 15 is 0 Å². The highest BCUT2D eigenvalue weighted by Gasteiger charge is 2.20. The van der Waals surface area contributed by atoms with Crippen LogP contribution in [0.25, 0.3) is 0 Å². The number of methoxy groups -OCH3 is 1. The monoisotopic (exact) mass is 439 g/mol. The second-order valence-corrected chi connectivity index (χ2v) is 9.11. The maximum absolute atomic E-state index is 12.8. The van der Waals surface area contributed by atoms with Gasteiger partial charge in [0, 0.05) is 30.5 Å². The molecule has 4 rings (SSSR count). The normalized spacial score (nSPS) is 13.8. The van der Waals surface area contributed by atoms with E-state index in [1.807, 2.05) is 13.0 Å². The van der Waals surface area contributed by atoms with Crippen LogP contribution in [0, 0.1) is 6.92 Å². The molecule has 1 aliphatic rings. The van der Waals surface area contributed by atoms with Crippen molar-refractivity contribution in [2.24, 2.45) is 0 Å². The lowest BCUT2D eigenvalue weighted by Crippen LogP contribution is -2.18. The van der Waals surface area contributed by atoms with Crippen molar-refractivity contribution in [3.8, 4) is 5.75 Å². The van der Waals surface area contributed by atoms with Crippen molar-refractivity contribution in [2.45, 2.75) is 24.7 Å². The van der Waals surface area contributed by atoms with Crippen LogP contribution in [-0.2, 0) is 10.0 Å². The molecule has 1 aromatic heterocycles. The van der Waals surface area contributed by atoms with Crippen molar-refractivity contribution in [2.75, 3.05) is 35.1 Å². The van der Waals surface area contributed by atoms with E-state index in [9.17, 15) is 8.42 Å². The van der Waals surface area contributed by atoms with Gasteiger partial charge in [-0.1, -0.05) is 6.07 Å². The molecule has 162 valence electrons. The van der Waals surface area contributed by atoms with Crippen molar-refractivity contribution in [3.63, 3.8) is 0 Å². The third-order valence-electron chi connectivity index (χ3n) is 5.13. The number of aromatic nitrogens is 2. The molecule has 2 aromatic carbocycles. The molecule has 31 heavy (non-hydrogen) atoms. The number of hydrogen-bond acceptors (Lipinski definition) is 7. The molecule has 0 spiro atoms. The third kappa shape index (κ3) is 4.88. The first-order chi connectivity index (χ1) is 14.9. The van der Waals surface area contributed by atoms with E-state index in [1.165, 1.54) is 20.0 Å². The minimum atomic E-state index is -3.79. The number of hydrogen-bond donors (Lipinski definition) is 2. The standard InChI is InChI=1S/C22H25N5O3S/c1-16-5-10-20(30-2)21(13-16)31(28,29)26-18-8-6-17(7-9-18)24-22-14-19(15-23-25-22)27-11-3-4-12-27/h5-10,13-15,26H,3-4,11-12H2,1-2H3,(H,24,25). The van der Waals surface area contributed by atoms with Crippen LogP contribution in [0.3, 0.4) is 0 Å². The van der Waals surface area contributed by atoms with E-state index in [0.717, 1.165) is 30.0 Å². The second-order valence-electron chi connectivity index (χ2n) is 7.46. The third-order valence-corrected chi connectivity index (χ3v) is 6.53. The van der Waals surface area contributed by atoms with Crippen molar-refractivity contribution in [1.82, 2.24) is 10.2 Å². The summed E-state index contributed by atoms with van der Waals surface area (Å²) >= 11 is 0. The Morgan fingerprint density at radius 2 is 1.71 bits per heavy atom. The maximum Gasteiger partial charge on any atom is 0.265 e. The molecule has 0 bridgehead atoms. The van der Waals surface area contributed by atoms with E-state index in [2.05, 4.69) is 25.1 Å². The average molecular weight is 440 g/mol. The molecule has 3 aromatic rings. The van der Waals surface area contributed by atoms with E-state index in [0.29, 0.717) is 17.3 Å². The lowest BCUT2D eigenvalue weighted by atomic mass is 10.2. The minimum absolute atomic E-state index is 0.103. The van der Waals surface area contributed by atoms with E-state index in [1.54, 1.807) is 48.7 Å². The molecule has 2 heterocycles. The first-order valence-corrected chi connectivity index (χ1v) is 11.6. The highest BCUT2D eigenvalue weighted by Crippen LogP contribution is 2.28. The highest BCUT2D eigenvalue weighted by molar-refractivity contribution is 7.92.